The number of pyridine rings is 1. The van der Waals surface area contributed by atoms with E-state index < -0.39 is 12.0 Å². The Labute approximate surface area is 185 Å². The lowest BCUT2D eigenvalue weighted by atomic mass is 10.0. The van der Waals surface area contributed by atoms with E-state index in [9.17, 15) is 19.5 Å². The third-order valence-corrected chi connectivity index (χ3v) is 4.70. The number of phenolic OH excluding ortho intramolecular Hbond substituents is 1. The van der Waals surface area contributed by atoms with Gasteiger partial charge in [0.05, 0.1) is 19.1 Å². The Hall–Kier alpha value is -4.20. The molecule has 0 aliphatic carbocycles. The molecule has 3 rings (SSSR count). The molecule has 0 radical (unpaired) electrons. The largest absolute Gasteiger partial charge is 0.508 e. The highest BCUT2D eigenvalue weighted by atomic mass is 16.5. The minimum atomic E-state index is -0.483. The van der Waals surface area contributed by atoms with Crippen LogP contribution in [0.15, 0.2) is 73.1 Å². The molecule has 3 aromatic rings. The van der Waals surface area contributed by atoms with Gasteiger partial charge in [-0.3, -0.25) is 19.4 Å². The van der Waals surface area contributed by atoms with Crippen LogP contribution in [0.1, 0.15) is 32.7 Å². The number of nitrogens with zero attached hydrogens (tertiary/aromatic N) is 1. The quantitative estimate of drug-likeness (QED) is 0.470. The van der Waals surface area contributed by atoms with Gasteiger partial charge in [0.15, 0.2) is 0 Å². The van der Waals surface area contributed by atoms with Gasteiger partial charge in [-0.1, -0.05) is 18.2 Å². The Morgan fingerprint density at radius 1 is 1.00 bits per heavy atom. The number of nitrogens with one attached hydrogen (secondary N) is 2. The average molecular weight is 433 g/mol. The summed E-state index contributed by atoms with van der Waals surface area (Å²) in [6.07, 6.45) is 3.43. The molecule has 0 fully saturated rings. The number of carbonyl (C=O) groups is 3. The van der Waals surface area contributed by atoms with Gasteiger partial charge in [-0.05, 0) is 54.4 Å². The molecule has 8 heteroatoms. The smallest absolute Gasteiger partial charge is 0.307 e. The van der Waals surface area contributed by atoms with Crippen LogP contribution < -0.4 is 10.6 Å². The van der Waals surface area contributed by atoms with Crippen molar-refractivity contribution in [2.75, 3.05) is 12.4 Å². The van der Waals surface area contributed by atoms with Gasteiger partial charge >= 0.3 is 5.97 Å². The number of phenols is 1. The van der Waals surface area contributed by atoms with E-state index in [0.29, 0.717) is 23.2 Å². The number of anilines is 1. The molecule has 164 valence electrons. The molecule has 1 aromatic heterocycles. The first-order valence-corrected chi connectivity index (χ1v) is 9.91. The van der Waals surface area contributed by atoms with Crippen LogP contribution >= 0.6 is 0 Å². The number of ether oxygens (including phenoxy) is 1. The van der Waals surface area contributed by atoms with Gasteiger partial charge in [0.2, 0.25) is 0 Å². The lowest BCUT2D eigenvalue weighted by Crippen LogP contribution is -2.38. The van der Waals surface area contributed by atoms with Crippen LogP contribution in [0.4, 0.5) is 5.69 Å². The minimum absolute atomic E-state index is 0.0120. The standard InChI is InChI=1S/C24H23N3O5/c1-32-22(29)14-20(27-24(31)18-5-3-11-25-15-18)12-16-7-9-19(10-8-16)26-23(30)17-4-2-6-21(28)13-17/h2-11,13,15,20,28H,12,14H2,1H3,(H,26,30)(H,27,31)/t20-/m1/s1. The second-order valence-corrected chi connectivity index (χ2v) is 7.10. The molecule has 0 saturated heterocycles. The van der Waals surface area contributed by atoms with Gasteiger partial charge in [-0.25, -0.2) is 0 Å². The fourth-order valence-electron chi connectivity index (χ4n) is 3.08. The fourth-order valence-corrected chi connectivity index (χ4v) is 3.08. The normalized spacial score (nSPS) is 11.3. The summed E-state index contributed by atoms with van der Waals surface area (Å²) in [4.78, 5) is 40.5. The highest BCUT2D eigenvalue weighted by molar-refractivity contribution is 6.04. The summed E-state index contributed by atoms with van der Waals surface area (Å²) in [5, 5.41) is 15.1. The lowest BCUT2D eigenvalue weighted by Gasteiger charge is -2.18. The number of benzene rings is 2. The lowest BCUT2D eigenvalue weighted by molar-refractivity contribution is -0.141. The van der Waals surface area contributed by atoms with Crippen molar-refractivity contribution >= 4 is 23.5 Å². The molecule has 2 amide bonds. The van der Waals surface area contributed by atoms with Crippen LogP contribution in [0, 0.1) is 0 Å². The van der Waals surface area contributed by atoms with Gasteiger partial charge in [-0.2, -0.15) is 0 Å². The second kappa shape index (κ2) is 10.7. The zero-order chi connectivity index (χ0) is 22.9. The summed E-state index contributed by atoms with van der Waals surface area (Å²) in [5.74, 6) is -1.10. The summed E-state index contributed by atoms with van der Waals surface area (Å²) in [6, 6.07) is 16.0. The maximum atomic E-state index is 12.5. The van der Waals surface area contributed by atoms with Gasteiger partial charge < -0.3 is 20.5 Å². The topological polar surface area (TPSA) is 118 Å². The van der Waals surface area contributed by atoms with Gasteiger partial charge in [0.1, 0.15) is 5.75 Å². The monoisotopic (exact) mass is 433 g/mol. The fraction of sp³-hybridized carbons (Fsp3) is 0.167. The summed E-state index contributed by atoms with van der Waals surface area (Å²) < 4.78 is 4.75. The Bertz CT molecular complexity index is 1080. The van der Waals surface area contributed by atoms with Crippen molar-refractivity contribution in [1.82, 2.24) is 10.3 Å². The van der Waals surface area contributed by atoms with E-state index in [-0.39, 0.29) is 24.0 Å². The maximum absolute atomic E-state index is 12.5. The first-order valence-electron chi connectivity index (χ1n) is 9.91. The van der Waals surface area contributed by atoms with E-state index in [0.717, 1.165) is 5.56 Å². The summed E-state index contributed by atoms with van der Waals surface area (Å²) in [5.41, 5.74) is 2.17. The third kappa shape index (κ3) is 6.40. The number of aromatic nitrogens is 1. The Balaban J connectivity index is 1.66. The van der Waals surface area contributed by atoms with Crippen molar-refractivity contribution in [1.29, 1.82) is 0 Å². The highest BCUT2D eigenvalue weighted by Gasteiger charge is 2.19. The first kappa shape index (κ1) is 22.5. The summed E-state index contributed by atoms with van der Waals surface area (Å²) in [6.45, 7) is 0. The van der Waals surface area contributed by atoms with E-state index in [1.54, 1.807) is 54.7 Å². The molecule has 0 bridgehead atoms. The van der Waals surface area contributed by atoms with Gasteiger partial charge in [-0.15, -0.1) is 0 Å². The van der Waals surface area contributed by atoms with E-state index in [1.807, 2.05) is 0 Å². The third-order valence-electron chi connectivity index (χ3n) is 4.70. The van der Waals surface area contributed by atoms with Crippen LogP contribution in [0.3, 0.4) is 0 Å². The molecular weight excluding hydrogens is 410 g/mol. The summed E-state index contributed by atoms with van der Waals surface area (Å²) in [7, 11) is 1.30. The van der Waals surface area contributed by atoms with Crippen molar-refractivity contribution in [2.45, 2.75) is 18.9 Å². The van der Waals surface area contributed by atoms with Gasteiger partial charge in [0.25, 0.3) is 11.8 Å². The van der Waals surface area contributed by atoms with Crippen molar-refractivity contribution in [3.05, 3.63) is 89.7 Å². The van der Waals surface area contributed by atoms with Crippen molar-refractivity contribution in [3.63, 3.8) is 0 Å². The number of hydrogen-bond donors (Lipinski definition) is 3. The van der Waals surface area contributed by atoms with E-state index >= 15 is 0 Å². The predicted molar refractivity (Wildman–Crippen MR) is 118 cm³/mol. The number of amides is 2. The number of hydrogen-bond acceptors (Lipinski definition) is 6. The Morgan fingerprint density at radius 2 is 1.75 bits per heavy atom. The van der Waals surface area contributed by atoms with Crippen LogP contribution in [0.5, 0.6) is 5.75 Å². The molecular formula is C24H23N3O5. The number of esters is 1. The zero-order valence-corrected chi connectivity index (χ0v) is 17.4. The van der Waals surface area contributed by atoms with Gasteiger partial charge in [0, 0.05) is 29.7 Å². The molecule has 2 aromatic carbocycles. The first-order chi connectivity index (χ1) is 15.4. The van der Waals surface area contributed by atoms with E-state index in [1.165, 1.54) is 25.4 Å². The highest BCUT2D eigenvalue weighted by Crippen LogP contribution is 2.16. The molecule has 0 unspecified atom stereocenters. The number of carbonyl (C=O) groups excluding carboxylic acids is 3. The molecule has 0 aliphatic rings. The number of aromatic hydroxyl groups is 1. The van der Waals surface area contributed by atoms with Crippen LogP contribution in [0.2, 0.25) is 0 Å². The van der Waals surface area contributed by atoms with Crippen LogP contribution in [-0.4, -0.2) is 41.0 Å². The Kier molecular flexibility index (Phi) is 7.53. The molecule has 0 saturated carbocycles. The second-order valence-electron chi connectivity index (χ2n) is 7.10. The molecule has 32 heavy (non-hydrogen) atoms. The zero-order valence-electron chi connectivity index (χ0n) is 17.4. The molecule has 0 spiro atoms. The van der Waals surface area contributed by atoms with Crippen LogP contribution in [-0.2, 0) is 16.0 Å². The molecule has 8 nitrogen and oxygen atoms in total. The molecule has 3 N–H and O–H groups in total. The van der Waals surface area contributed by atoms with Crippen molar-refractivity contribution in [3.8, 4) is 5.75 Å². The average Bonchev–Trinajstić information content (AvgIpc) is 2.80. The van der Waals surface area contributed by atoms with Crippen LogP contribution in [0.25, 0.3) is 0 Å². The SMILES string of the molecule is COC(=O)C[C@@H](Cc1ccc(NC(=O)c2cccc(O)c2)cc1)NC(=O)c1cccnc1. The maximum Gasteiger partial charge on any atom is 0.307 e. The van der Waals surface area contributed by atoms with Crippen molar-refractivity contribution < 1.29 is 24.2 Å². The predicted octanol–water partition coefficient (Wildman–Crippen LogP) is 2.94. The molecule has 1 atom stereocenters. The Morgan fingerprint density at radius 3 is 2.41 bits per heavy atom. The number of methoxy groups -OCH3 is 1. The van der Waals surface area contributed by atoms with Crippen molar-refractivity contribution in [2.24, 2.45) is 0 Å². The summed E-state index contributed by atoms with van der Waals surface area (Å²) >= 11 is 0. The van der Waals surface area contributed by atoms with E-state index in [4.69, 9.17) is 4.74 Å². The minimum Gasteiger partial charge on any atom is -0.508 e. The molecule has 1 heterocycles. The number of rotatable bonds is 8. The van der Waals surface area contributed by atoms with E-state index in [2.05, 4.69) is 15.6 Å². The molecule has 0 aliphatic heterocycles.